The molecule has 3 aliphatic heterocycles. The normalized spacial score (nSPS) is 19.5. The van der Waals surface area contributed by atoms with Crippen LogP contribution in [-0.2, 0) is 0 Å². The highest BCUT2D eigenvalue weighted by atomic mass is 35.5. The van der Waals surface area contributed by atoms with Crippen LogP contribution in [0.4, 0.5) is 16.2 Å². The zero-order valence-electron chi connectivity index (χ0n) is 22.8. The van der Waals surface area contributed by atoms with Crippen LogP contribution in [-0.4, -0.2) is 79.4 Å². The fourth-order valence-corrected chi connectivity index (χ4v) is 6.06. The second-order valence-corrected chi connectivity index (χ2v) is 11.9. The van der Waals surface area contributed by atoms with Gasteiger partial charge in [0.1, 0.15) is 17.1 Å². The zero-order chi connectivity index (χ0) is 27.5. The molecule has 0 amide bonds. The minimum atomic E-state index is -0.495. The summed E-state index contributed by atoms with van der Waals surface area (Å²) in [5.74, 6) is 0.804. The standard InChI is InChI=1S/C30H34ClFN6O/c1-18-7-5-6-8-20(18)10-22(39)9-19(2)25-24(31)11-23-27(26(25)32)34-29(37-12-21(13-37)36(3)4)35-28(23)38-16-30(17-38)14-33-15-30/h5-11,21,33,39H,12-17H2,1-4H3/b19-9+,22-10+. The van der Waals surface area contributed by atoms with Gasteiger partial charge in [-0.3, -0.25) is 0 Å². The number of allylic oxidation sites excluding steroid dienone is 2. The van der Waals surface area contributed by atoms with Crippen molar-refractivity contribution in [1.82, 2.24) is 20.2 Å². The first kappa shape index (κ1) is 26.0. The van der Waals surface area contributed by atoms with Crippen LogP contribution in [0.15, 0.2) is 42.2 Å². The molecule has 4 heterocycles. The largest absolute Gasteiger partial charge is 0.508 e. The molecule has 7 nitrogen and oxygen atoms in total. The van der Waals surface area contributed by atoms with Crippen LogP contribution in [0.1, 0.15) is 23.6 Å². The van der Waals surface area contributed by atoms with Gasteiger partial charge in [0.2, 0.25) is 5.95 Å². The van der Waals surface area contributed by atoms with Gasteiger partial charge < -0.3 is 25.1 Å². The van der Waals surface area contributed by atoms with E-state index in [-0.39, 0.29) is 27.3 Å². The fourth-order valence-electron chi connectivity index (χ4n) is 5.72. The van der Waals surface area contributed by atoms with E-state index in [2.05, 4.69) is 34.1 Å². The Labute approximate surface area is 233 Å². The fraction of sp³-hybridized carbons (Fsp3) is 0.400. The molecule has 3 aliphatic rings. The number of hydrogen-bond donors (Lipinski definition) is 2. The molecule has 3 aromatic rings. The predicted molar refractivity (Wildman–Crippen MR) is 157 cm³/mol. The Hall–Kier alpha value is -3.20. The van der Waals surface area contributed by atoms with Crippen LogP contribution in [0.5, 0.6) is 0 Å². The van der Waals surface area contributed by atoms with E-state index in [1.807, 2.05) is 31.2 Å². The summed E-state index contributed by atoms with van der Waals surface area (Å²) in [6.07, 6.45) is 3.22. The Bertz CT molecular complexity index is 1500. The van der Waals surface area contributed by atoms with Crippen molar-refractivity contribution in [2.75, 3.05) is 63.2 Å². The molecule has 9 heteroatoms. The van der Waals surface area contributed by atoms with E-state index in [1.54, 1.807) is 25.1 Å². The Morgan fingerprint density at radius 2 is 1.90 bits per heavy atom. The van der Waals surface area contributed by atoms with Crippen LogP contribution in [0.25, 0.3) is 22.6 Å². The molecule has 2 N–H and O–H groups in total. The minimum absolute atomic E-state index is 0.0247. The summed E-state index contributed by atoms with van der Waals surface area (Å²) in [4.78, 5) is 16.2. The minimum Gasteiger partial charge on any atom is -0.508 e. The lowest BCUT2D eigenvalue weighted by atomic mass is 9.74. The van der Waals surface area contributed by atoms with Crippen molar-refractivity contribution in [3.05, 3.63) is 69.7 Å². The molecule has 39 heavy (non-hydrogen) atoms. The second-order valence-electron chi connectivity index (χ2n) is 11.5. The van der Waals surface area contributed by atoms with Crippen molar-refractivity contribution >= 4 is 45.9 Å². The average Bonchev–Trinajstić information content (AvgIpc) is 2.78. The van der Waals surface area contributed by atoms with Gasteiger partial charge >= 0.3 is 0 Å². The molecule has 2 aromatic carbocycles. The number of rotatable bonds is 6. The third-order valence-corrected chi connectivity index (χ3v) is 8.63. The van der Waals surface area contributed by atoms with Gasteiger partial charge in [0.05, 0.1) is 5.02 Å². The van der Waals surface area contributed by atoms with Crippen LogP contribution in [0, 0.1) is 18.2 Å². The maximum Gasteiger partial charge on any atom is 0.228 e. The van der Waals surface area contributed by atoms with Crippen molar-refractivity contribution in [3.63, 3.8) is 0 Å². The van der Waals surface area contributed by atoms with E-state index >= 15 is 4.39 Å². The maximum absolute atomic E-state index is 16.3. The van der Waals surface area contributed by atoms with Crippen LogP contribution in [0.2, 0.25) is 5.02 Å². The third-order valence-electron chi connectivity index (χ3n) is 8.33. The SMILES string of the molecule is C/C(=C\C(O)=C/c1ccccc1C)c1c(Cl)cc2c(N3CC4(CNC4)C3)nc(N3CC(N(C)C)C3)nc2c1F. The lowest BCUT2D eigenvalue weighted by Crippen LogP contribution is -2.71. The van der Waals surface area contributed by atoms with Crippen molar-refractivity contribution in [1.29, 1.82) is 0 Å². The Morgan fingerprint density at radius 1 is 1.18 bits per heavy atom. The molecule has 0 radical (unpaired) electrons. The number of aliphatic hydroxyl groups excluding tert-OH is 1. The van der Waals surface area contributed by atoms with Gasteiger partial charge in [-0.05, 0) is 62.9 Å². The first-order chi connectivity index (χ1) is 18.6. The van der Waals surface area contributed by atoms with Gasteiger partial charge in [0.15, 0.2) is 5.82 Å². The van der Waals surface area contributed by atoms with Crippen molar-refractivity contribution in [2.24, 2.45) is 5.41 Å². The number of aliphatic hydroxyl groups is 1. The van der Waals surface area contributed by atoms with Gasteiger partial charge in [-0.1, -0.05) is 35.9 Å². The Kier molecular flexibility index (Phi) is 6.52. The average molecular weight is 549 g/mol. The van der Waals surface area contributed by atoms with E-state index in [1.165, 1.54) is 0 Å². The van der Waals surface area contributed by atoms with E-state index in [0.717, 1.165) is 56.2 Å². The first-order valence-corrected chi connectivity index (χ1v) is 13.7. The molecule has 0 atom stereocenters. The smallest absolute Gasteiger partial charge is 0.228 e. The number of fused-ring (bicyclic) bond motifs is 1. The monoisotopic (exact) mass is 548 g/mol. The van der Waals surface area contributed by atoms with Crippen molar-refractivity contribution < 1.29 is 9.50 Å². The van der Waals surface area contributed by atoms with E-state index in [4.69, 9.17) is 21.6 Å². The molecule has 3 fully saturated rings. The van der Waals surface area contributed by atoms with Crippen molar-refractivity contribution in [2.45, 2.75) is 19.9 Å². The Morgan fingerprint density at radius 3 is 2.54 bits per heavy atom. The topological polar surface area (TPSA) is 67.8 Å². The van der Waals surface area contributed by atoms with E-state index in [9.17, 15) is 5.11 Å². The molecule has 0 bridgehead atoms. The third kappa shape index (κ3) is 4.64. The number of benzene rings is 2. The van der Waals surface area contributed by atoms with Gasteiger partial charge in [0.25, 0.3) is 0 Å². The predicted octanol–water partition coefficient (Wildman–Crippen LogP) is 4.89. The molecule has 6 rings (SSSR count). The quantitative estimate of drug-likeness (QED) is 0.336. The highest BCUT2D eigenvalue weighted by Gasteiger charge is 2.48. The number of hydrogen-bond acceptors (Lipinski definition) is 7. The second kappa shape index (κ2) is 9.77. The lowest BCUT2D eigenvalue weighted by Gasteiger charge is -2.56. The van der Waals surface area contributed by atoms with Gasteiger partial charge in [-0.25, -0.2) is 9.37 Å². The molecule has 204 valence electrons. The number of aromatic nitrogens is 2. The molecule has 1 spiro atoms. The molecule has 0 unspecified atom stereocenters. The summed E-state index contributed by atoms with van der Waals surface area (Å²) >= 11 is 6.72. The van der Waals surface area contributed by atoms with Crippen molar-refractivity contribution in [3.8, 4) is 0 Å². The summed E-state index contributed by atoms with van der Waals surface area (Å²) in [7, 11) is 4.12. The number of nitrogens with zero attached hydrogens (tertiary/aromatic N) is 5. The highest BCUT2D eigenvalue weighted by molar-refractivity contribution is 6.33. The summed E-state index contributed by atoms with van der Waals surface area (Å²) in [6, 6.07) is 9.96. The molecule has 0 saturated carbocycles. The number of anilines is 2. The maximum atomic E-state index is 16.3. The van der Waals surface area contributed by atoms with Crippen LogP contribution >= 0.6 is 11.6 Å². The first-order valence-electron chi connectivity index (χ1n) is 13.4. The number of likely N-dealkylation sites (N-methyl/N-ethyl adjacent to an activating group) is 1. The van der Waals surface area contributed by atoms with Gasteiger partial charge in [-0.2, -0.15) is 4.98 Å². The summed E-state index contributed by atoms with van der Waals surface area (Å²) < 4.78 is 16.3. The molecule has 3 saturated heterocycles. The summed E-state index contributed by atoms with van der Waals surface area (Å²) in [5.41, 5.74) is 3.23. The number of nitrogens with one attached hydrogen (secondary N) is 1. The Balaban J connectivity index is 1.40. The van der Waals surface area contributed by atoms with E-state index in [0.29, 0.717) is 22.9 Å². The molecule has 0 aliphatic carbocycles. The summed E-state index contributed by atoms with van der Waals surface area (Å²) in [6.45, 7) is 9.07. The van der Waals surface area contributed by atoms with E-state index < -0.39 is 5.82 Å². The summed E-state index contributed by atoms with van der Waals surface area (Å²) in [5, 5.41) is 14.9. The highest BCUT2D eigenvalue weighted by Crippen LogP contribution is 2.42. The van der Waals surface area contributed by atoms with Gasteiger partial charge in [-0.15, -0.1) is 0 Å². The van der Waals surface area contributed by atoms with Crippen LogP contribution < -0.4 is 15.1 Å². The zero-order valence-corrected chi connectivity index (χ0v) is 23.6. The van der Waals surface area contributed by atoms with Crippen LogP contribution in [0.3, 0.4) is 0 Å². The molecule has 1 aromatic heterocycles. The molecular weight excluding hydrogens is 515 g/mol. The number of halogens is 2. The lowest BCUT2D eigenvalue weighted by molar-refractivity contribution is 0.121. The number of aryl methyl sites for hydroxylation is 1. The molecular formula is C30H34ClFN6O. The van der Waals surface area contributed by atoms with Gasteiger partial charge in [0, 0.05) is 61.7 Å².